The molecule has 25 heavy (non-hydrogen) atoms. The van der Waals surface area contributed by atoms with Gasteiger partial charge >= 0.3 is 0 Å². The number of rotatable bonds is 7. The molecule has 0 aliphatic carbocycles. The number of pyridine rings is 1. The van der Waals surface area contributed by atoms with Gasteiger partial charge in [0.15, 0.2) is 0 Å². The van der Waals surface area contributed by atoms with Gasteiger partial charge in [0, 0.05) is 28.9 Å². The van der Waals surface area contributed by atoms with Crippen molar-refractivity contribution in [3.8, 4) is 0 Å². The Labute approximate surface area is 154 Å². The molecule has 4 nitrogen and oxygen atoms in total. The highest BCUT2D eigenvalue weighted by Gasteiger charge is 2.08. The van der Waals surface area contributed by atoms with Crippen molar-refractivity contribution < 1.29 is 4.79 Å². The molecule has 1 N–H and O–H groups in total. The van der Waals surface area contributed by atoms with Gasteiger partial charge in [-0.2, -0.15) is 0 Å². The van der Waals surface area contributed by atoms with Crippen LogP contribution in [0.5, 0.6) is 0 Å². The SMILES string of the molecule is C=NC(=O)/C(=C\c1ccc2ncccc2c1)SCNCc1cccs1. The van der Waals surface area contributed by atoms with Gasteiger partial charge in [0.1, 0.15) is 0 Å². The molecule has 0 fully saturated rings. The fourth-order valence-corrected chi connectivity index (χ4v) is 3.74. The number of hydrogen-bond donors (Lipinski definition) is 1. The minimum atomic E-state index is -0.311. The standard InChI is InChI=1S/C19H17N3OS2/c1-20-19(23)18(25-13-21-12-16-5-3-9-24-16)11-14-6-7-17-15(10-14)4-2-8-22-17/h2-11,21H,1,12-13H2/b18-11+. The minimum absolute atomic E-state index is 0.311. The third-order valence-electron chi connectivity index (χ3n) is 3.49. The summed E-state index contributed by atoms with van der Waals surface area (Å²) < 4.78 is 0. The van der Waals surface area contributed by atoms with Crippen LogP contribution in [-0.2, 0) is 11.3 Å². The van der Waals surface area contributed by atoms with E-state index in [9.17, 15) is 4.79 Å². The van der Waals surface area contributed by atoms with Crippen LogP contribution in [0.4, 0.5) is 0 Å². The molecule has 0 aliphatic heterocycles. The molecule has 0 unspecified atom stereocenters. The zero-order valence-electron chi connectivity index (χ0n) is 13.5. The number of thioether (sulfide) groups is 1. The minimum Gasteiger partial charge on any atom is -0.303 e. The summed E-state index contributed by atoms with van der Waals surface area (Å²) in [6.45, 7) is 4.15. The lowest BCUT2D eigenvalue weighted by Gasteiger charge is -2.06. The Bertz CT molecular complexity index is 904. The van der Waals surface area contributed by atoms with E-state index >= 15 is 0 Å². The molecule has 0 bridgehead atoms. The highest BCUT2D eigenvalue weighted by atomic mass is 32.2. The Hall–Kier alpha value is -2.28. The molecule has 1 amide bonds. The highest BCUT2D eigenvalue weighted by Crippen LogP contribution is 2.22. The molecular formula is C19H17N3OS2. The van der Waals surface area contributed by atoms with Gasteiger partial charge in [-0.15, -0.1) is 23.1 Å². The highest BCUT2D eigenvalue weighted by molar-refractivity contribution is 8.04. The molecule has 6 heteroatoms. The number of aromatic nitrogens is 1. The molecule has 1 aromatic carbocycles. The summed E-state index contributed by atoms with van der Waals surface area (Å²) in [5.41, 5.74) is 1.87. The molecule has 2 heterocycles. The summed E-state index contributed by atoms with van der Waals surface area (Å²) in [6, 6.07) is 13.9. The van der Waals surface area contributed by atoms with Gasteiger partial charge in [-0.1, -0.05) is 18.2 Å². The first kappa shape index (κ1) is 17.5. The maximum atomic E-state index is 12.0. The van der Waals surface area contributed by atoms with E-state index in [0.717, 1.165) is 23.0 Å². The molecule has 3 rings (SSSR count). The lowest BCUT2D eigenvalue weighted by atomic mass is 10.1. The number of amides is 1. The summed E-state index contributed by atoms with van der Waals surface area (Å²) in [5.74, 6) is 0.314. The predicted octanol–water partition coefficient (Wildman–Crippen LogP) is 4.34. The maximum absolute atomic E-state index is 12.0. The number of carbonyl (C=O) groups excluding carboxylic acids is 1. The average Bonchev–Trinajstić information content (AvgIpc) is 3.17. The number of hydrogen-bond acceptors (Lipinski definition) is 5. The van der Waals surface area contributed by atoms with E-state index in [1.54, 1.807) is 17.5 Å². The van der Waals surface area contributed by atoms with Crippen molar-refractivity contribution in [2.75, 3.05) is 5.88 Å². The molecule has 3 aromatic rings. The number of nitrogens with zero attached hydrogens (tertiary/aromatic N) is 2. The molecule has 0 saturated heterocycles. The topological polar surface area (TPSA) is 54.4 Å². The first-order chi connectivity index (χ1) is 12.3. The summed E-state index contributed by atoms with van der Waals surface area (Å²) in [4.78, 5) is 21.7. The predicted molar refractivity (Wildman–Crippen MR) is 108 cm³/mol. The fraction of sp³-hybridized carbons (Fsp3) is 0.105. The molecule has 0 atom stereocenters. The van der Waals surface area contributed by atoms with E-state index in [1.807, 2.05) is 42.5 Å². The van der Waals surface area contributed by atoms with Crippen molar-refractivity contribution in [3.63, 3.8) is 0 Å². The van der Waals surface area contributed by atoms with E-state index in [4.69, 9.17) is 0 Å². The number of thiophene rings is 1. The first-order valence-corrected chi connectivity index (χ1v) is 9.56. The van der Waals surface area contributed by atoms with Crippen LogP contribution in [0.2, 0.25) is 0 Å². The quantitative estimate of drug-likeness (QED) is 0.292. The van der Waals surface area contributed by atoms with Gasteiger partial charge in [-0.3, -0.25) is 9.78 Å². The molecule has 0 spiro atoms. The molecule has 0 radical (unpaired) electrons. The van der Waals surface area contributed by atoms with Crippen molar-refractivity contribution in [2.24, 2.45) is 4.99 Å². The van der Waals surface area contributed by atoms with E-state index in [0.29, 0.717) is 10.8 Å². The lowest BCUT2D eigenvalue weighted by molar-refractivity contribution is -0.113. The number of fused-ring (bicyclic) bond motifs is 1. The molecule has 0 aliphatic rings. The lowest BCUT2D eigenvalue weighted by Crippen LogP contribution is -2.12. The van der Waals surface area contributed by atoms with Crippen LogP contribution < -0.4 is 5.32 Å². The number of carbonyl (C=O) groups is 1. The monoisotopic (exact) mass is 367 g/mol. The first-order valence-electron chi connectivity index (χ1n) is 7.70. The van der Waals surface area contributed by atoms with E-state index < -0.39 is 0 Å². The van der Waals surface area contributed by atoms with Crippen LogP contribution in [0, 0.1) is 0 Å². The summed E-state index contributed by atoms with van der Waals surface area (Å²) in [7, 11) is 0. The van der Waals surface area contributed by atoms with Gasteiger partial charge in [-0.05, 0) is 48.0 Å². The van der Waals surface area contributed by atoms with Crippen LogP contribution in [-0.4, -0.2) is 23.5 Å². The van der Waals surface area contributed by atoms with Crippen molar-refractivity contribution in [1.82, 2.24) is 10.3 Å². The third-order valence-corrected chi connectivity index (χ3v) is 5.32. The largest absolute Gasteiger partial charge is 0.303 e. The Morgan fingerprint density at radius 2 is 2.24 bits per heavy atom. The Morgan fingerprint density at radius 3 is 3.04 bits per heavy atom. The van der Waals surface area contributed by atoms with Gasteiger partial charge < -0.3 is 5.32 Å². The normalized spacial score (nSPS) is 11.6. The van der Waals surface area contributed by atoms with Gasteiger partial charge in [0.25, 0.3) is 5.91 Å². The summed E-state index contributed by atoms with van der Waals surface area (Å²) in [5, 5.41) is 6.41. The van der Waals surface area contributed by atoms with Crippen LogP contribution in [0.15, 0.2) is 63.9 Å². The van der Waals surface area contributed by atoms with Crippen molar-refractivity contribution in [2.45, 2.75) is 6.54 Å². The Balaban J connectivity index is 1.70. The van der Waals surface area contributed by atoms with Gasteiger partial charge in [-0.25, -0.2) is 4.99 Å². The van der Waals surface area contributed by atoms with Crippen LogP contribution in [0.3, 0.4) is 0 Å². The maximum Gasteiger partial charge on any atom is 0.282 e. The second-order valence-corrected chi connectivity index (χ2v) is 7.27. The van der Waals surface area contributed by atoms with Crippen molar-refractivity contribution in [3.05, 3.63) is 69.4 Å². The zero-order chi connectivity index (χ0) is 17.5. The van der Waals surface area contributed by atoms with Crippen LogP contribution >= 0.6 is 23.1 Å². The number of nitrogens with one attached hydrogen (secondary N) is 1. The van der Waals surface area contributed by atoms with Crippen LogP contribution in [0.25, 0.3) is 17.0 Å². The average molecular weight is 367 g/mol. The van der Waals surface area contributed by atoms with E-state index in [1.165, 1.54) is 16.6 Å². The van der Waals surface area contributed by atoms with Gasteiger partial charge in [0.2, 0.25) is 0 Å². The summed E-state index contributed by atoms with van der Waals surface area (Å²) >= 11 is 3.14. The van der Waals surface area contributed by atoms with Crippen LogP contribution in [0.1, 0.15) is 10.4 Å². The molecular weight excluding hydrogens is 350 g/mol. The zero-order valence-corrected chi connectivity index (χ0v) is 15.1. The third kappa shape index (κ3) is 4.85. The molecule has 2 aromatic heterocycles. The Morgan fingerprint density at radius 1 is 1.32 bits per heavy atom. The Kier molecular flexibility index (Phi) is 6.11. The van der Waals surface area contributed by atoms with Gasteiger partial charge in [0.05, 0.1) is 10.4 Å². The second-order valence-electron chi connectivity index (χ2n) is 5.22. The number of benzene rings is 1. The molecule has 0 saturated carbocycles. The smallest absolute Gasteiger partial charge is 0.282 e. The second kappa shape index (κ2) is 8.71. The number of aliphatic imine (C=N–C) groups is 1. The summed E-state index contributed by atoms with van der Waals surface area (Å²) in [6.07, 6.45) is 3.62. The molecule has 126 valence electrons. The fourth-order valence-electron chi connectivity index (χ4n) is 2.29. The van der Waals surface area contributed by atoms with E-state index in [-0.39, 0.29) is 5.91 Å². The van der Waals surface area contributed by atoms with Crippen molar-refractivity contribution >= 4 is 52.7 Å². The van der Waals surface area contributed by atoms with E-state index in [2.05, 4.69) is 33.5 Å². The van der Waals surface area contributed by atoms with Crippen molar-refractivity contribution in [1.29, 1.82) is 0 Å².